The van der Waals surface area contributed by atoms with E-state index in [0.717, 1.165) is 12.2 Å². The van der Waals surface area contributed by atoms with Gasteiger partial charge >= 0.3 is 0 Å². The maximum absolute atomic E-state index is 11.9. The van der Waals surface area contributed by atoms with Crippen molar-refractivity contribution < 1.29 is 9.21 Å². The lowest BCUT2D eigenvalue weighted by atomic mass is 10.2. The summed E-state index contributed by atoms with van der Waals surface area (Å²) in [6.45, 7) is 0. The average Bonchev–Trinajstić information content (AvgIpc) is 2.98. The number of carbonyl (C=O) groups excluding carboxylic acids is 1. The van der Waals surface area contributed by atoms with Crippen LogP contribution in [0.25, 0.3) is 0 Å². The van der Waals surface area contributed by atoms with Gasteiger partial charge in [-0.05, 0) is 30.7 Å². The van der Waals surface area contributed by atoms with Crippen LogP contribution in [0.2, 0.25) is 0 Å². The van der Waals surface area contributed by atoms with Gasteiger partial charge in [-0.1, -0.05) is 6.07 Å². The molecule has 86 valence electrons. The first-order valence-electron chi connectivity index (χ1n) is 5.60. The third kappa shape index (κ3) is 2.06. The van der Waals surface area contributed by atoms with E-state index in [2.05, 4.69) is 10.3 Å². The first-order chi connectivity index (χ1) is 8.34. The van der Waals surface area contributed by atoms with E-state index in [1.165, 1.54) is 0 Å². The second-order valence-electron chi connectivity index (χ2n) is 4.17. The molecular formula is C13H12N2O2. The van der Waals surface area contributed by atoms with Crippen LogP contribution in [0.4, 0.5) is 5.82 Å². The van der Waals surface area contributed by atoms with E-state index in [9.17, 15) is 4.79 Å². The molecule has 2 atom stereocenters. The lowest BCUT2D eigenvalue weighted by Gasteiger charge is -2.02. The van der Waals surface area contributed by atoms with Crippen molar-refractivity contribution in [1.29, 1.82) is 0 Å². The second kappa shape index (κ2) is 4.05. The first kappa shape index (κ1) is 10.1. The van der Waals surface area contributed by atoms with Crippen LogP contribution in [0.15, 0.2) is 47.2 Å². The third-order valence-corrected chi connectivity index (χ3v) is 2.95. The highest BCUT2D eigenvalue weighted by Gasteiger charge is 2.45. The summed E-state index contributed by atoms with van der Waals surface area (Å²) in [6, 6.07) is 9.21. The number of furan rings is 1. The fourth-order valence-electron chi connectivity index (χ4n) is 1.96. The summed E-state index contributed by atoms with van der Waals surface area (Å²) in [5, 5.41) is 2.80. The van der Waals surface area contributed by atoms with Crippen LogP contribution in [0.5, 0.6) is 0 Å². The van der Waals surface area contributed by atoms with Crippen molar-refractivity contribution in [2.75, 3.05) is 5.32 Å². The summed E-state index contributed by atoms with van der Waals surface area (Å²) in [4.78, 5) is 15.9. The number of anilines is 1. The summed E-state index contributed by atoms with van der Waals surface area (Å²) in [5.74, 6) is 1.76. The number of amides is 1. The summed E-state index contributed by atoms with van der Waals surface area (Å²) in [5.41, 5.74) is 0. The van der Waals surface area contributed by atoms with Gasteiger partial charge in [0.2, 0.25) is 5.91 Å². The number of nitrogens with one attached hydrogen (secondary N) is 1. The molecule has 1 saturated carbocycles. The van der Waals surface area contributed by atoms with Crippen LogP contribution in [-0.4, -0.2) is 10.9 Å². The molecule has 2 unspecified atom stereocenters. The van der Waals surface area contributed by atoms with Crippen molar-refractivity contribution in [1.82, 2.24) is 4.98 Å². The van der Waals surface area contributed by atoms with Crippen LogP contribution in [0.1, 0.15) is 18.1 Å². The Morgan fingerprint density at radius 2 is 2.29 bits per heavy atom. The Kier molecular flexibility index (Phi) is 2.40. The zero-order valence-electron chi connectivity index (χ0n) is 9.17. The predicted octanol–water partition coefficient (Wildman–Crippen LogP) is 2.42. The second-order valence-corrected chi connectivity index (χ2v) is 4.17. The highest BCUT2D eigenvalue weighted by atomic mass is 16.3. The quantitative estimate of drug-likeness (QED) is 0.877. The van der Waals surface area contributed by atoms with Gasteiger partial charge < -0.3 is 9.73 Å². The third-order valence-electron chi connectivity index (χ3n) is 2.95. The highest BCUT2D eigenvalue weighted by molar-refractivity contribution is 5.94. The smallest absolute Gasteiger partial charge is 0.229 e. The van der Waals surface area contributed by atoms with E-state index in [1.54, 1.807) is 18.5 Å². The summed E-state index contributed by atoms with van der Waals surface area (Å²) >= 11 is 0. The Morgan fingerprint density at radius 1 is 1.35 bits per heavy atom. The van der Waals surface area contributed by atoms with Crippen LogP contribution in [-0.2, 0) is 4.79 Å². The van der Waals surface area contributed by atoms with Crippen LogP contribution in [0, 0.1) is 5.92 Å². The Bertz CT molecular complexity index is 507. The molecule has 1 N–H and O–H groups in total. The number of rotatable bonds is 3. The van der Waals surface area contributed by atoms with Gasteiger partial charge in [-0.15, -0.1) is 0 Å². The zero-order valence-corrected chi connectivity index (χ0v) is 9.17. The number of hydrogen-bond acceptors (Lipinski definition) is 3. The first-order valence-corrected chi connectivity index (χ1v) is 5.60. The minimum atomic E-state index is 0.0168. The standard InChI is InChI=1S/C13H12N2O2/c16-13(15-12-5-1-2-6-14-12)10-8-9(10)11-4-3-7-17-11/h1-7,9-10H,8H2,(H,14,15,16). The Labute approximate surface area is 98.7 Å². The molecular weight excluding hydrogens is 216 g/mol. The Balaban J connectivity index is 1.62. The molecule has 2 aromatic rings. The molecule has 4 nitrogen and oxygen atoms in total. The molecule has 17 heavy (non-hydrogen) atoms. The van der Waals surface area contributed by atoms with Crippen LogP contribution < -0.4 is 5.32 Å². The molecule has 0 radical (unpaired) electrons. The highest BCUT2D eigenvalue weighted by Crippen LogP contribution is 2.48. The predicted molar refractivity (Wildman–Crippen MR) is 62.4 cm³/mol. The van der Waals surface area contributed by atoms with Crippen LogP contribution >= 0.6 is 0 Å². The van der Waals surface area contributed by atoms with E-state index < -0.39 is 0 Å². The normalized spacial score (nSPS) is 22.1. The van der Waals surface area contributed by atoms with Crippen molar-refractivity contribution in [3.63, 3.8) is 0 Å². The lowest BCUT2D eigenvalue weighted by Crippen LogP contribution is -2.15. The van der Waals surface area contributed by atoms with Gasteiger partial charge in [-0.3, -0.25) is 4.79 Å². The van der Waals surface area contributed by atoms with Gasteiger partial charge in [0.25, 0.3) is 0 Å². The van der Waals surface area contributed by atoms with Gasteiger partial charge in [0.1, 0.15) is 11.6 Å². The maximum atomic E-state index is 11.9. The molecule has 3 rings (SSSR count). The van der Waals surface area contributed by atoms with Crippen molar-refractivity contribution >= 4 is 11.7 Å². The van der Waals surface area contributed by atoms with E-state index in [0.29, 0.717) is 5.82 Å². The SMILES string of the molecule is O=C(Nc1ccccn1)C1CC1c1ccco1. The average molecular weight is 228 g/mol. The van der Waals surface area contributed by atoms with Crippen molar-refractivity contribution in [3.05, 3.63) is 48.6 Å². The Hall–Kier alpha value is -2.10. The lowest BCUT2D eigenvalue weighted by molar-refractivity contribution is -0.117. The number of hydrogen-bond donors (Lipinski definition) is 1. The molecule has 0 aromatic carbocycles. The monoisotopic (exact) mass is 228 g/mol. The van der Waals surface area contributed by atoms with Gasteiger partial charge in [0.15, 0.2) is 0 Å². The number of aromatic nitrogens is 1. The number of pyridine rings is 1. The van der Waals surface area contributed by atoms with E-state index in [4.69, 9.17) is 4.42 Å². The van der Waals surface area contributed by atoms with E-state index in [1.807, 2.05) is 24.3 Å². The molecule has 1 amide bonds. The minimum absolute atomic E-state index is 0.0168. The maximum Gasteiger partial charge on any atom is 0.229 e. The van der Waals surface area contributed by atoms with Gasteiger partial charge in [0.05, 0.1) is 6.26 Å². The molecule has 1 aliphatic carbocycles. The molecule has 0 aliphatic heterocycles. The summed E-state index contributed by atoms with van der Waals surface area (Å²) < 4.78 is 5.29. The molecule has 0 bridgehead atoms. The molecule has 0 spiro atoms. The fraction of sp³-hybridized carbons (Fsp3) is 0.231. The topological polar surface area (TPSA) is 55.1 Å². The van der Waals surface area contributed by atoms with Gasteiger partial charge in [-0.25, -0.2) is 4.98 Å². The Morgan fingerprint density at radius 3 is 3.00 bits per heavy atom. The molecule has 2 aromatic heterocycles. The van der Waals surface area contributed by atoms with Crippen molar-refractivity contribution in [3.8, 4) is 0 Å². The largest absolute Gasteiger partial charge is 0.469 e. The molecule has 1 fully saturated rings. The zero-order chi connectivity index (χ0) is 11.7. The number of carbonyl (C=O) groups is 1. The van der Waals surface area contributed by atoms with Crippen molar-refractivity contribution in [2.45, 2.75) is 12.3 Å². The van der Waals surface area contributed by atoms with E-state index in [-0.39, 0.29) is 17.7 Å². The molecule has 4 heteroatoms. The summed E-state index contributed by atoms with van der Waals surface area (Å²) in [7, 11) is 0. The van der Waals surface area contributed by atoms with Gasteiger partial charge in [-0.2, -0.15) is 0 Å². The van der Waals surface area contributed by atoms with Crippen molar-refractivity contribution in [2.24, 2.45) is 5.92 Å². The van der Waals surface area contributed by atoms with Gasteiger partial charge in [0, 0.05) is 18.0 Å². The molecule has 2 heterocycles. The minimum Gasteiger partial charge on any atom is -0.469 e. The van der Waals surface area contributed by atoms with Crippen LogP contribution in [0.3, 0.4) is 0 Å². The fourth-order valence-corrected chi connectivity index (χ4v) is 1.96. The molecule has 1 aliphatic rings. The number of nitrogens with zero attached hydrogens (tertiary/aromatic N) is 1. The van der Waals surface area contributed by atoms with E-state index >= 15 is 0 Å². The molecule has 0 saturated heterocycles. The summed E-state index contributed by atoms with van der Waals surface area (Å²) in [6.07, 6.45) is 4.15.